The number of carbonyl (C=O) groups excluding carboxylic acids is 1. The first-order valence-corrected chi connectivity index (χ1v) is 10.6. The summed E-state index contributed by atoms with van der Waals surface area (Å²) in [5.41, 5.74) is 4.19. The minimum Gasteiger partial charge on any atom is -0.495 e. The van der Waals surface area contributed by atoms with E-state index < -0.39 is 17.1 Å². The van der Waals surface area contributed by atoms with E-state index in [1.165, 1.54) is 17.7 Å². The van der Waals surface area contributed by atoms with Gasteiger partial charge in [-0.25, -0.2) is 9.18 Å². The third-order valence-electron chi connectivity index (χ3n) is 4.53. The number of hydrogen-bond acceptors (Lipinski definition) is 5. The SMILES string of the molecule is CC.COc1cccnc1CNC(=O)CCC1=C=CC1.O=c1[nH]c(=O)c2cc(F)ccc2[nH]1.[HH].[HH]. The Morgan fingerprint density at radius 1 is 1.27 bits per heavy atom. The first-order valence-electron chi connectivity index (χ1n) is 10.6. The van der Waals surface area contributed by atoms with Gasteiger partial charge in [0.1, 0.15) is 17.3 Å². The lowest BCUT2D eigenvalue weighted by molar-refractivity contribution is -0.121. The highest BCUT2D eigenvalue weighted by molar-refractivity contribution is 5.77. The summed E-state index contributed by atoms with van der Waals surface area (Å²) in [5, 5.41) is 2.98. The van der Waals surface area contributed by atoms with Crippen LogP contribution < -0.4 is 21.3 Å². The van der Waals surface area contributed by atoms with Gasteiger partial charge in [0.25, 0.3) is 5.56 Å². The Balaban J connectivity index is 0.000000607. The van der Waals surface area contributed by atoms with E-state index in [2.05, 4.69) is 21.0 Å². The summed E-state index contributed by atoms with van der Waals surface area (Å²) in [4.78, 5) is 42.1. The molecule has 3 aromatic rings. The van der Waals surface area contributed by atoms with Crippen LogP contribution in [0.3, 0.4) is 0 Å². The number of amides is 1. The summed E-state index contributed by atoms with van der Waals surface area (Å²) in [7, 11) is 1.59. The van der Waals surface area contributed by atoms with Gasteiger partial charge in [-0.3, -0.25) is 19.6 Å². The molecule has 0 radical (unpaired) electrons. The zero-order chi connectivity index (χ0) is 24.2. The molecule has 0 saturated carbocycles. The molecule has 0 spiro atoms. The number of methoxy groups -OCH3 is 1. The standard InChI is InChI=1S/C14H16N2O2.C8H5FN2O2.C2H6.2H2/c1-18-13-6-3-9-15-12(13)10-16-14(17)8-7-11-4-2-5-11;9-4-1-2-6-5(3-4)7(12)11-8(13)10-6;1-2;;/h2-3,6,9H,4,7-8,10H2,1H3,(H,16,17);1-3H,(H2,10,11,12,13);1-2H3;2*1H. The number of nitrogens with one attached hydrogen (secondary N) is 3. The van der Waals surface area contributed by atoms with E-state index >= 15 is 0 Å². The Morgan fingerprint density at radius 2 is 2.03 bits per heavy atom. The van der Waals surface area contributed by atoms with E-state index in [-0.39, 0.29) is 14.1 Å². The molecule has 0 unspecified atom stereocenters. The monoisotopic (exact) mass is 458 g/mol. The normalized spacial score (nSPS) is 11.2. The van der Waals surface area contributed by atoms with Gasteiger partial charge in [0.05, 0.1) is 24.6 Å². The second kappa shape index (κ2) is 12.8. The summed E-state index contributed by atoms with van der Waals surface area (Å²) in [6.45, 7) is 4.40. The summed E-state index contributed by atoms with van der Waals surface area (Å²) < 4.78 is 17.8. The molecule has 1 aliphatic rings. The highest BCUT2D eigenvalue weighted by Crippen LogP contribution is 2.16. The molecule has 2 aromatic heterocycles. The average Bonchev–Trinajstić information content (AvgIpc) is 2.79. The average molecular weight is 459 g/mol. The molecule has 178 valence electrons. The van der Waals surface area contributed by atoms with Crippen LogP contribution in [0.4, 0.5) is 4.39 Å². The van der Waals surface area contributed by atoms with Gasteiger partial charge in [-0.05, 0) is 48.4 Å². The number of nitrogens with zero attached hydrogens (tertiary/aromatic N) is 1. The third kappa shape index (κ3) is 7.59. The van der Waals surface area contributed by atoms with Gasteiger partial charge in [0.15, 0.2) is 0 Å². The van der Waals surface area contributed by atoms with Crippen LogP contribution in [0.1, 0.15) is 41.7 Å². The number of pyridine rings is 1. The maximum absolute atomic E-state index is 12.7. The number of carbonyl (C=O) groups is 1. The lowest BCUT2D eigenvalue weighted by Crippen LogP contribution is -2.23. The molecular weight excluding hydrogens is 427 g/mol. The number of H-pyrrole nitrogens is 2. The molecule has 0 atom stereocenters. The quantitative estimate of drug-likeness (QED) is 0.485. The van der Waals surface area contributed by atoms with Crippen LogP contribution in [-0.4, -0.2) is 28.0 Å². The number of allylic oxidation sites excluding steroid dienone is 1. The van der Waals surface area contributed by atoms with E-state index in [0.717, 1.165) is 24.6 Å². The number of halogens is 1. The van der Waals surface area contributed by atoms with Crippen LogP contribution in [0.5, 0.6) is 5.75 Å². The molecule has 0 saturated heterocycles. The van der Waals surface area contributed by atoms with Gasteiger partial charge in [-0.2, -0.15) is 0 Å². The maximum Gasteiger partial charge on any atom is 0.326 e. The van der Waals surface area contributed by atoms with Crippen molar-refractivity contribution in [3.63, 3.8) is 0 Å². The van der Waals surface area contributed by atoms with Crippen LogP contribution in [-0.2, 0) is 11.3 Å². The topological polar surface area (TPSA) is 117 Å². The van der Waals surface area contributed by atoms with Crippen LogP contribution in [0.2, 0.25) is 0 Å². The fraction of sp³-hybridized carbons (Fsp3) is 0.292. The highest BCUT2D eigenvalue weighted by atomic mass is 19.1. The number of benzene rings is 1. The van der Waals surface area contributed by atoms with E-state index in [9.17, 15) is 18.8 Å². The van der Waals surface area contributed by atoms with Crippen molar-refractivity contribution < 1.29 is 16.8 Å². The number of hydrogen-bond donors (Lipinski definition) is 3. The molecule has 3 N–H and O–H groups in total. The molecule has 1 amide bonds. The molecule has 8 nitrogen and oxygen atoms in total. The van der Waals surface area contributed by atoms with Crippen molar-refractivity contribution in [3.8, 4) is 5.75 Å². The molecule has 0 bridgehead atoms. The van der Waals surface area contributed by atoms with Gasteiger partial charge in [0, 0.05) is 21.9 Å². The molecule has 1 aromatic carbocycles. The van der Waals surface area contributed by atoms with Crippen molar-refractivity contribution >= 4 is 16.8 Å². The van der Waals surface area contributed by atoms with Crippen LogP contribution in [0.25, 0.3) is 10.9 Å². The van der Waals surface area contributed by atoms with Gasteiger partial charge in [0.2, 0.25) is 5.91 Å². The second-order valence-corrected chi connectivity index (χ2v) is 6.68. The Bertz CT molecular complexity index is 1280. The molecule has 0 fully saturated rings. The van der Waals surface area contributed by atoms with Gasteiger partial charge in [-0.15, -0.1) is 5.73 Å². The van der Waals surface area contributed by atoms with Crippen LogP contribution >= 0.6 is 0 Å². The predicted molar refractivity (Wildman–Crippen MR) is 129 cm³/mol. The lowest BCUT2D eigenvalue weighted by atomic mass is 10.0. The fourth-order valence-electron chi connectivity index (χ4n) is 2.83. The zero-order valence-corrected chi connectivity index (χ0v) is 18.8. The first kappa shape index (κ1) is 25.3. The van der Waals surface area contributed by atoms with E-state index in [1.54, 1.807) is 19.4 Å². The smallest absolute Gasteiger partial charge is 0.326 e. The van der Waals surface area contributed by atoms with Crippen molar-refractivity contribution in [2.24, 2.45) is 0 Å². The molecule has 0 aliphatic heterocycles. The van der Waals surface area contributed by atoms with Crippen molar-refractivity contribution in [1.29, 1.82) is 0 Å². The van der Waals surface area contributed by atoms with E-state index in [0.29, 0.717) is 24.2 Å². The number of aromatic amines is 2. The summed E-state index contributed by atoms with van der Waals surface area (Å²) in [6.07, 6.45) is 5.94. The summed E-state index contributed by atoms with van der Waals surface area (Å²) in [5.74, 6) is 0.219. The second-order valence-electron chi connectivity index (χ2n) is 6.68. The zero-order valence-electron chi connectivity index (χ0n) is 18.8. The van der Waals surface area contributed by atoms with Gasteiger partial charge < -0.3 is 15.0 Å². The molecule has 4 rings (SSSR count). The molecule has 1 aliphatic carbocycles. The molecule has 33 heavy (non-hydrogen) atoms. The first-order chi connectivity index (χ1) is 16.0. The molecule has 2 heterocycles. The predicted octanol–water partition coefficient (Wildman–Crippen LogP) is 3.85. The minimum atomic E-state index is -0.593. The summed E-state index contributed by atoms with van der Waals surface area (Å²) >= 11 is 0. The van der Waals surface area contributed by atoms with Gasteiger partial charge in [-0.1, -0.05) is 13.8 Å². The number of ether oxygens (including phenoxy) is 1. The number of rotatable bonds is 6. The Hall–Kier alpha value is -3.97. The van der Waals surface area contributed by atoms with Crippen LogP contribution in [0.15, 0.2) is 63.5 Å². The van der Waals surface area contributed by atoms with E-state index in [4.69, 9.17) is 4.74 Å². The molecular formula is C24H31FN4O4. The highest BCUT2D eigenvalue weighted by Gasteiger charge is 2.08. The third-order valence-corrected chi connectivity index (χ3v) is 4.53. The Kier molecular flexibility index (Phi) is 9.80. The molecule has 9 heteroatoms. The fourth-order valence-corrected chi connectivity index (χ4v) is 2.83. The summed E-state index contributed by atoms with van der Waals surface area (Å²) in [6, 6.07) is 7.24. The van der Waals surface area contributed by atoms with E-state index in [1.807, 2.05) is 31.0 Å². The van der Waals surface area contributed by atoms with Crippen molar-refractivity contribution in [2.45, 2.75) is 39.7 Å². The number of fused-ring (bicyclic) bond motifs is 1. The van der Waals surface area contributed by atoms with Crippen molar-refractivity contribution in [1.82, 2.24) is 20.3 Å². The lowest BCUT2D eigenvalue weighted by Gasteiger charge is -2.09. The Morgan fingerprint density at radius 3 is 2.70 bits per heavy atom. The maximum atomic E-state index is 12.7. The van der Waals surface area contributed by atoms with Crippen molar-refractivity contribution in [2.75, 3.05) is 7.11 Å². The minimum absolute atomic E-state index is 0. The van der Waals surface area contributed by atoms with Gasteiger partial charge >= 0.3 is 5.69 Å². The Labute approximate surface area is 193 Å². The number of aromatic nitrogens is 3. The van der Waals surface area contributed by atoms with Crippen LogP contribution in [0, 0.1) is 5.82 Å². The largest absolute Gasteiger partial charge is 0.495 e. The van der Waals surface area contributed by atoms with Crippen molar-refractivity contribution in [3.05, 3.63) is 86.3 Å².